The van der Waals surface area contributed by atoms with Gasteiger partial charge in [-0.25, -0.2) is 4.98 Å². The summed E-state index contributed by atoms with van der Waals surface area (Å²) in [6.45, 7) is 5.51. The molecule has 0 unspecified atom stereocenters. The van der Waals surface area contributed by atoms with Crippen molar-refractivity contribution in [3.63, 3.8) is 0 Å². The van der Waals surface area contributed by atoms with Gasteiger partial charge in [-0.3, -0.25) is 0 Å². The zero-order valence-corrected chi connectivity index (χ0v) is 13.8. The van der Waals surface area contributed by atoms with E-state index in [2.05, 4.69) is 27.1 Å². The molecule has 21 heavy (non-hydrogen) atoms. The summed E-state index contributed by atoms with van der Waals surface area (Å²) >= 11 is 6.22. The lowest BCUT2D eigenvalue weighted by atomic mass is 10.0. The molecule has 4 nitrogen and oxygen atoms in total. The zero-order valence-electron chi connectivity index (χ0n) is 13.0. The van der Waals surface area contributed by atoms with E-state index in [4.69, 9.17) is 11.6 Å². The first kappa shape index (κ1) is 15.3. The number of aromatic nitrogens is 2. The highest BCUT2D eigenvalue weighted by Crippen LogP contribution is 2.29. The van der Waals surface area contributed by atoms with Crippen LogP contribution in [0.1, 0.15) is 57.0 Å². The number of unbranched alkanes of at least 4 members (excludes halogenated alkanes) is 1. The molecular weight excluding hydrogens is 284 g/mol. The monoisotopic (exact) mass is 310 g/mol. The molecule has 0 bridgehead atoms. The van der Waals surface area contributed by atoms with Gasteiger partial charge >= 0.3 is 0 Å². The van der Waals surface area contributed by atoms with E-state index in [0.717, 1.165) is 36.9 Å². The standard InChI is InChI=1S/C16H27ClN4/c1-2-3-4-15-19-14(16(17)20-15)11-18-12-7-9-21(10-8-12)13-5-6-13/h12-13,18H,2-11H2,1H3,(H,19,20). The number of aryl methyl sites for hydroxylation is 1. The molecule has 0 aromatic carbocycles. The van der Waals surface area contributed by atoms with Gasteiger partial charge in [0, 0.05) is 25.0 Å². The van der Waals surface area contributed by atoms with Crippen LogP contribution < -0.4 is 5.32 Å². The van der Waals surface area contributed by atoms with Gasteiger partial charge in [0.25, 0.3) is 0 Å². The van der Waals surface area contributed by atoms with Crippen molar-refractivity contribution in [1.82, 2.24) is 20.2 Å². The molecule has 118 valence electrons. The van der Waals surface area contributed by atoms with E-state index in [-0.39, 0.29) is 0 Å². The number of nitrogens with zero attached hydrogens (tertiary/aromatic N) is 2. The van der Waals surface area contributed by atoms with E-state index in [0.29, 0.717) is 11.2 Å². The number of halogens is 1. The second-order valence-electron chi connectivity index (χ2n) is 6.48. The van der Waals surface area contributed by atoms with Crippen LogP contribution in [0.2, 0.25) is 5.15 Å². The van der Waals surface area contributed by atoms with E-state index in [1.807, 2.05) is 0 Å². The van der Waals surface area contributed by atoms with Crippen LogP contribution in [0.3, 0.4) is 0 Å². The van der Waals surface area contributed by atoms with Crippen molar-refractivity contribution in [3.8, 4) is 0 Å². The van der Waals surface area contributed by atoms with Crippen LogP contribution in [0.4, 0.5) is 0 Å². The molecule has 2 heterocycles. The lowest BCUT2D eigenvalue weighted by molar-refractivity contribution is 0.189. The summed E-state index contributed by atoms with van der Waals surface area (Å²) in [4.78, 5) is 10.5. The summed E-state index contributed by atoms with van der Waals surface area (Å²) in [6, 6.07) is 1.53. The quantitative estimate of drug-likeness (QED) is 0.813. The minimum atomic E-state index is 0.624. The molecule has 1 aromatic heterocycles. The summed E-state index contributed by atoms with van der Waals surface area (Å²) in [6.07, 6.45) is 8.69. The number of H-pyrrole nitrogens is 1. The Morgan fingerprint density at radius 2 is 2.05 bits per heavy atom. The maximum absolute atomic E-state index is 6.22. The summed E-state index contributed by atoms with van der Waals surface area (Å²) in [7, 11) is 0. The van der Waals surface area contributed by atoms with Crippen LogP contribution in [0, 0.1) is 0 Å². The van der Waals surface area contributed by atoms with E-state index < -0.39 is 0 Å². The van der Waals surface area contributed by atoms with Gasteiger partial charge in [0.2, 0.25) is 0 Å². The van der Waals surface area contributed by atoms with E-state index >= 15 is 0 Å². The van der Waals surface area contributed by atoms with Crippen molar-refractivity contribution >= 4 is 11.6 Å². The first-order valence-electron chi connectivity index (χ1n) is 8.47. The smallest absolute Gasteiger partial charge is 0.151 e. The normalized spacial score (nSPS) is 21.0. The lowest BCUT2D eigenvalue weighted by Gasteiger charge is -2.32. The number of hydrogen-bond acceptors (Lipinski definition) is 3. The molecule has 0 atom stereocenters. The van der Waals surface area contributed by atoms with Gasteiger partial charge in [-0.15, -0.1) is 0 Å². The second kappa shape index (κ2) is 7.12. The molecule has 2 fully saturated rings. The van der Waals surface area contributed by atoms with E-state index in [9.17, 15) is 0 Å². The predicted molar refractivity (Wildman–Crippen MR) is 86.7 cm³/mol. The topological polar surface area (TPSA) is 44.0 Å². The number of likely N-dealkylation sites (tertiary alicyclic amines) is 1. The Kier molecular flexibility index (Phi) is 5.19. The Morgan fingerprint density at radius 1 is 1.29 bits per heavy atom. The van der Waals surface area contributed by atoms with Crippen molar-refractivity contribution in [1.29, 1.82) is 0 Å². The maximum atomic E-state index is 6.22. The number of hydrogen-bond donors (Lipinski definition) is 2. The fraction of sp³-hybridized carbons (Fsp3) is 0.812. The Hall–Kier alpha value is -0.580. The molecule has 3 rings (SSSR count). The van der Waals surface area contributed by atoms with Gasteiger partial charge < -0.3 is 15.2 Å². The average Bonchev–Trinajstić information content (AvgIpc) is 3.28. The maximum Gasteiger partial charge on any atom is 0.151 e. The van der Waals surface area contributed by atoms with E-state index in [1.165, 1.54) is 45.2 Å². The van der Waals surface area contributed by atoms with Crippen LogP contribution >= 0.6 is 11.6 Å². The largest absolute Gasteiger partial charge is 0.344 e. The first-order chi connectivity index (χ1) is 10.3. The highest BCUT2D eigenvalue weighted by molar-refractivity contribution is 6.30. The third-order valence-corrected chi connectivity index (χ3v) is 5.02. The minimum absolute atomic E-state index is 0.624. The van der Waals surface area contributed by atoms with Gasteiger partial charge in [0.15, 0.2) is 5.15 Å². The molecule has 1 saturated heterocycles. The highest BCUT2D eigenvalue weighted by Gasteiger charge is 2.31. The number of rotatable bonds is 7. The minimum Gasteiger partial charge on any atom is -0.344 e. The van der Waals surface area contributed by atoms with Crippen LogP contribution in [0.25, 0.3) is 0 Å². The van der Waals surface area contributed by atoms with Crippen molar-refractivity contribution in [2.45, 2.75) is 70.5 Å². The van der Waals surface area contributed by atoms with Crippen LogP contribution in [-0.2, 0) is 13.0 Å². The Bertz CT molecular complexity index is 447. The number of imidazole rings is 1. The van der Waals surface area contributed by atoms with Crippen molar-refractivity contribution in [2.75, 3.05) is 13.1 Å². The van der Waals surface area contributed by atoms with Gasteiger partial charge in [0.1, 0.15) is 5.82 Å². The molecule has 5 heteroatoms. The molecule has 2 N–H and O–H groups in total. The van der Waals surface area contributed by atoms with Gasteiger partial charge in [-0.1, -0.05) is 24.9 Å². The number of aromatic amines is 1. The third kappa shape index (κ3) is 4.21. The number of piperidine rings is 1. The van der Waals surface area contributed by atoms with Crippen molar-refractivity contribution < 1.29 is 0 Å². The predicted octanol–water partition coefficient (Wildman–Crippen LogP) is 3.12. The molecule has 0 amide bonds. The zero-order chi connectivity index (χ0) is 14.7. The first-order valence-corrected chi connectivity index (χ1v) is 8.84. The number of nitrogens with one attached hydrogen (secondary N) is 2. The SMILES string of the molecule is CCCCc1nc(Cl)c(CNC2CCN(C3CC3)CC2)[nH]1. The Labute approximate surface area is 132 Å². The van der Waals surface area contributed by atoms with Gasteiger partial charge in [-0.2, -0.15) is 0 Å². The van der Waals surface area contributed by atoms with Crippen molar-refractivity contribution in [2.24, 2.45) is 0 Å². The fourth-order valence-corrected chi connectivity index (χ4v) is 3.39. The lowest BCUT2D eigenvalue weighted by Crippen LogP contribution is -2.43. The summed E-state index contributed by atoms with van der Waals surface area (Å²) in [5.74, 6) is 1.03. The molecule has 1 aliphatic carbocycles. The molecule has 0 radical (unpaired) electrons. The van der Waals surface area contributed by atoms with E-state index in [1.54, 1.807) is 0 Å². The molecule has 1 aliphatic heterocycles. The fourth-order valence-electron chi connectivity index (χ4n) is 3.17. The second-order valence-corrected chi connectivity index (χ2v) is 6.84. The van der Waals surface area contributed by atoms with Crippen LogP contribution in [-0.4, -0.2) is 40.0 Å². The Morgan fingerprint density at radius 3 is 2.71 bits per heavy atom. The molecular formula is C16H27ClN4. The van der Waals surface area contributed by atoms with Crippen LogP contribution in [0.5, 0.6) is 0 Å². The molecule has 1 saturated carbocycles. The molecule has 1 aromatic rings. The molecule has 0 spiro atoms. The highest BCUT2D eigenvalue weighted by atomic mass is 35.5. The summed E-state index contributed by atoms with van der Waals surface area (Å²) < 4.78 is 0. The summed E-state index contributed by atoms with van der Waals surface area (Å²) in [5.41, 5.74) is 1.05. The molecule has 2 aliphatic rings. The summed E-state index contributed by atoms with van der Waals surface area (Å²) in [5, 5.41) is 4.29. The van der Waals surface area contributed by atoms with Gasteiger partial charge in [0.05, 0.1) is 5.69 Å². The third-order valence-electron chi connectivity index (χ3n) is 4.70. The van der Waals surface area contributed by atoms with Gasteiger partial charge in [-0.05, 0) is 45.2 Å². The van der Waals surface area contributed by atoms with Crippen LogP contribution in [0.15, 0.2) is 0 Å². The Balaban J connectivity index is 1.43. The van der Waals surface area contributed by atoms with Crippen molar-refractivity contribution in [3.05, 3.63) is 16.7 Å². The average molecular weight is 311 g/mol.